The Hall–Kier alpha value is -1.69. The molecule has 0 aliphatic carbocycles. The Morgan fingerprint density at radius 2 is 2.32 bits per heavy atom. The molecule has 2 N–H and O–H groups in total. The average Bonchev–Trinajstić information content (AvgIpc) is 2.85. The van der Waals surface area contributed by atoms with Crippen molar-refractivity contribution in [1.29, 1.82) is 0 Å². The first-order valence-corrected chi connectivity index (χ1v) is 7.14. The third-order valence-electron chi connectivity index (χ3n) is 2.95. The molecule has 19 heavy (non-hydrogen) atoms. The predicted octanol–water partition coefficient (Wildman–Crippen LogP) is 1.66. The summed E-state index contributed by atoms with van der Waals surface area (Å²) in [5.74, 6) is -0.0696. The normalized spacial score (nSPS) is 18.4. The number of rotatable bonds is 3. The van der Waals surface area contributed by atoms with Gasteiger partial charge in [-0.2, -0.15) is 0 Å². The number of nitrogens with zero attached hydrogens (tertiary/aromatic N) is 1. The molecule has 0 saturated carbocycles. The Morgan fingerprint density at radius 1 is 1.53 bits per heavy atom. The molecule has 1 heterocycles. The maximum Gasteiger partial charge on any atom is 0.327 e. The smallest absolute Gasteiger partial charge is 0.327 e. The van der Waals surface area contributed by atoms with E-state index in [4.69, 9.17) is 5.11 Å². The van der Waals surface area contributed by atoms with E-state index >= 15 is 0 Å². The lowest BCUT2D eigenvalue weighted by molar-refractivity contribution is -0.140. The van der Waals surface area contributed by atoms with Gasteiger partial charge in [0.1, 0.15) is 6.04 Å². The number of hydrogen-bond donors (Lipinski definition) is 2. The SMILES string of the molecule is Cc1cccc(CNC(=O)N2CSCC2C(=O)O)c1. The maximum absolute atomic E-state index is 12.0. The molecular weight excluding hydrogens is 264 g/mol. The highest BCUT2D eigenvalue weighted by Gasteiger charge is 2.34. The monoisotopic (exact) mass is 280 g/mol. The van der Waals surface area contributed by atoms with E-state index in [1.165, 1.54) is 16.7 Å². The van der Waals surface area contributed by atoms with Gasteiger partial charge in [0.15, 0.2) is 0 Å². The molecule has 0 aromatic heterocycles. The van der Waals surface area contributed by atoms with Gasteiger partial charge in [0, 0.05) is 12.3 Å². The van der Waals surface area contributed by atoms with Gasteiger partial charge >= 0.3 is 12.0 Å². The minimum Gasteiger partial charge on any atom is -0.480 e. The molecule has 0 spiro atoms. The van der Waals surface area contributed by atoms with Crippen LogP contribution in [0.2, 0.25) is 0 Å². The number of carbonyl (C=O) groups is 2. The number of carboxylic acids is 1. The number of carboxylic acid groups (broad SMARTS) is 1. The van der Waals surface area contributed by atoms with Crippen molar-refractivity contribution in [3.8, 4) is 0 Å². The van der Waals surface area contributed by atoms with E-state index < -0.39 is 12.0 Å². The summed E-state index contributed by atoms with van der Waals surface area (Å²) in [4.78, 5) is 24.3. The van der Waals surface area contributed by atoms with Crippen molar-refractivity contribution in [1.82, 2.24) is 10.2 Å². The first-order chi connectivity index (χ1) is 9.08. The predicted molar refractivity (Wildman–Crippen MR) is 74.0 cm³/mol. The summed E-state index contributed by atoms with van der Waals surface area (Å²) in [5, 5.41) is 11.8. The Bertz CT molecular complexity index is 493. The fourth-order valence-electron chi connectivity index (χ4n) is 1.95. The van der Waals surface area contributed by atoms with Crippen molar-refractivity contribution >= 4 is 23.8 Å². The second-order valence-corrected chi connectivity index (χ2v) is 5.47. The van der Waals surface area contributed by atoms with Gasteiger partial charge in [0.2, 0.25) is 0 Å². The van der Waals surface area contributed by atoms with Crippen LogP contribution in [0.5, 0.6) is 0 Å². The second-order valence-electron chi connectivity index (χ2n) is 4.47. The lowest BCUT2D eigenvalue weighted by Gasteiger charge is -2.20. The highest BCUT2D eigenvalue weighted by atomic mass is 32.2. The molecule has 1 unspecified atom stereocenters. The van der Waals surface area contributed by atoms with Gasteiger partial charge in [-0.3, -0.25) is 0 Å². The average molecular weight is 280 g/mol. The van der Waals surface area contributed by atoms with E-state index in [-0.39, 0.29) is 6.03 Å². The molecule has 1 fully saturated rings. The topological polar surface area (TPSA) is 69.6 Å². The van der Waals surface area contributed by atoms with E-state index in [1.807, 2.05) is 31.2 Å². The number of hydrogen-bond acceptors (Lipinski definition) is 3. The summed E-state index contributed by atoms with van der Waals surface area (Å²) in [6.07, 6.45) is 0. The van der Waals surface area contributed by atoms with Gasteiger partial charge in [-0.15, -0.1) is 11.8 Å². The molecule has 0 radical (unpaired) electrons. The summed E-state index contributed by atoms with van der Waals surface area (Å²) in [6, 6.07) is 6.81. The fourth-order valence-corrected chi connectivity index (χ4v) is 3.09. The number of aryl methyl sites for hydroxylation is 1. The summed E-state index contributed by atoms with van der Waals surface area (Å²) in [7, 11) is 0. The Kier molecular flexibility index (Phi) is 4.31. The molecule has 102 valence electrons. The summed E-state index contributed by atoms with van der Waals surface area (Å²) < 4.78 is 0. The first-order valence-electron chi connectivity index (χ1n) is 5.98. The van der Waals surface area contributed by atoms with Gasteiger partial charge in [0.25, 0.3) is 0 Å². The molecule has 1 aromatic rings. The van der Waals surface area contributed by atoms with Gasteiger partial charge in [-0.05, 0) is 12.5 Å². The maximum atomic E-state index is 12.0. The van der Waals surface area contributed by atoms with Crippen molar-refractivity contribution in [3.63, 3.8) is 0 Å². The molecule has 0 bridgehead atoms. The van der Waals surface area contributed by atoms with Crippen molar-refractivity contribution < 1.29 is 14.7 Å². The van der Waals surface area contributed by atoms with Crippen LogP contribution in [0.4, 0.5) is 4.79 Å². The molecule has 1 saturated heterocycles. The number of amides is 2. The van der Waals surface area contributed by atoms with Crippen LogP contribution in [0, 0.1) is 6.92 Å². The lowest BCUT2D eigenvalue weighted by atomic mass is 10.1. The van der Waals surface area contributed by atoms with Crippen LogP contribution in [0.25, 0.3) is 0 Å². The van der Waals surface area contributed by atoms with Crippen molar-refractivity contribution in [2.45, 2.75) is 19.5 Å². The number of aliphatic carboxylic acids is 1. The van der Waals surface area contributed by atoms with E-state index in [0.717, 1.165) is 11.1 Å². The largest absolute Gasteiger partial charge is 0.480 e. The van der Waals surface area contributed by atoms with Gasteiger partial charge in [-0.1, -0.05) is 29.8 Å². The van der Waals surface area contributed by atoms with Crippen molar-refractivity contribution in [2.24, 2.45) is 0 Å². The van der Waals surface area contributed by atoms with Crippen LogP contribution in [-0.4, -0.2) is 39.7 Å². The van der Waals surface area contributed by atoms with Crippen molar-refractivity contribution in [2.75, 3.05) is 11.6 Å². The van der Waals surface area contributed by atoms with E-state index in [2.05, 4.69) is 5.32 Å². The van der Waals surface area contributed by atoms with Crippen LogP contribution < -0.4 is 5.32 Å². The highest BCUT2D eigenvalue weighted by Crippen LogP contribution is 2.20. The minimum atomic E-state index is -0.948. The number of thioether (sulfide) groups is 1. The number of carbonyl (C=O) groups excluding carboxylic acids is 1. The second kappa shape index (κ2) is 5.97. The van der Waals surface area contributed by atoms with E-state index in [9.17, 15) is 9.59 Å². The molecule has 1 aliphatic rings. The Labute approximate surface area is 116 Å². The molecule has 2 rings (SSSR count). The zero-order valence-electron chi connectivity index (χ0n) is 10.6. The zero-order chi connectivity index (χ0) is 13.8. The standard InChI is InChI=1S/C13H16N2O3S/c1-9-3-2-4-10(5-9)6-14-13(18)15-8-19-7-11(15)12(16)17/h2-5,11H,6-8H2,1H3,(H,14,18)(H,16,17). The molecule has 6 heteroatoms. The number of nitrogens with one attached hydrogen (secondary N) is 1. The fraction of sp³-hybridized carbons (Fsp3) is 0.385. The molecule has 5 nitrogen and oxygen atoms in total. The van der Waals surface area contributed by atoms with Crippen LogP contribution in [0.15, 0.2) is 24.3 Å². The van der Waals surface area contributed by atoms with Crippen LogP contribution in [-0.2, 0) is 11.3 Å². The van der Waals surface area contributed by atoms with Gasteiger partial charge in [0.05, 0.1) is 5.88 Å². The van der Waals surface area contributed by atoms with E-state index in [1.54, 1.807) is 0 Å². The highest BCUT2D eigenvalue weighted by molar-refractivity contribution is 7.99. The quantitative estimate of drug-likeness (QED) is 0.883. The van der Waals surface area contributed by atoms with E-state index in [0.29, 0.717) is 18.2 Å². The Balaban J connectivity index is 1.92. The Morgan fingerprint density at radius 3 is 3.00 bits per heavy atom. The first kappa shape index (κ1) is 13.7. The minimum absolute atomic E-state index is 0.320. The lowest BCUT2D eigenvalue weighted by Crippen LogP contribution is -2.46. The third-order valence-corrected chi connectivity index (χ3v) is 3.97. The zero-order valence-corrected chi connectivity index (χ0v) is 11.4. The summed E-state index contributed by atoms with van der Waals surface area (Å²) in [5.41, 5.74) is 2.14. The third kappa shape index (κ3) is 3.41. The van der Waals surface area contributed by atoms with Gasteiger partial charge in [-0.25, -0.2) is 9.59 Å². The number of benzene rings is 1. The molecule has 1 aromatic carbocycles. The number of urea groups is 1. The molecule has 1 atom stereocenters. The molecule has 1 aliphatic heterocycles. The molecular formula is C13H16N2O3S. The molecule has 2 amide bonds. The van der Waals surface area contributed by atoms with Gasteiger partial charge < -0.3 is 15.3 Å². The van der Waals surface area contributed by atoms with Crippen LogP contribution >= 0.6 is 11.8 Å². The summed E-state index contributed by atoms with van der Waals surface area (Å²) >= 11 is 1.46. The summed E-state index contributed by atoms with van der Waals surface area (Å²) in [6.45, 7) is 2.40. The van der Waals surface area contributed by atoms with Crippen LogP contribution in [0.1, 0.15) is 11.1 Å². The van der Waals surface area contributed by atoms with Crippen molar-refractivity contribution in [3.05, 3.63) is 35.4 Å². The van der Waals surface area contributed by atoms with Crippen LogP contribution in [0.3, 0.4) is 0 Å².